The lowest BCUT2D eigenvalue weighted by atomic mass is 10.2. The topological polar surface area (TPSA) is 82.2 Å². The zero-order chi connectivity index (χ0) is 17.4. The molecule has 0 fully saturated rings. The highest BCUT2D eigenvalue weighted by Gasteiger charge is 2.20. The monoisotopic (exact) mass is 371 g/mol. The molecule has 0 saturated heterocycles. The van der Waals surface area contributed by atoms with Gasteiger partial charge in [0.05, 0.1) is 7.11 Å². The summed E-state index contributed by atoms with van der Waals surface area (Å²) in [6.07, 6.45) is 1.88. The van der Waals surface area contributed by atoms with Crippen molar-refractivity contribution in [3.63, 3.8) is 0 Å². The standard InChI is InChI=1S/C18H14N3O4.ClH/c1-21-8-4-3-5-14(21)16-19-17(25-20-16)13-9-11-6-7-12(23-2)10-15(11)24-18(13)22;/h3-10H,1-2H3;1H/q+1;/p-1. The molecule has 0 aliphatic heterocycles. The van der Waals surface area contributed by atoms with Crippen LogP contribution in [-0.4, -0.2) is 17.3 Å². The Kier molecular flexibility index (Phi) is 4.73. The maximum absolute atomic E-state index is 12.3. The minimum atomic E-state index is -0.548. The molecule has 0 saturated carbocycles. The van der Waals surface area contributed by atoms with Gasteiger partial charge in [-0.25, -0.2) is 4.79 Å². The summed E-state index contributed by atoms with van der Waals surface area (Å²) < 4.78 is 17.6. The molecular weight excluding hydrogens is 358 g/mol. The summed E-state index contributed by atoms with van der Waals surface area (Å²) in [6.45, 7) is 0. The van der Waals surface area contributed by atoms with E-state index in [-0.39, 0.29) is 23.9 Å². The summed E-state index contributed by atoms with van der Waals surface area (Å²) in [6, 6.07) is 12.6. The predicted octanol–water partition coefficient (Wildman–Crippen LogP) is -0.653. The van der Waals surface area contributed by atoms with E-state index in [0.717, 1.165) is 11.1 Å². The molecule has 4 rings (SSSR count). The van der Waals surface area contributed by atoms with Crippen LogP contribution < -0.4 is 27.3 Å². The number of rotatable bonds is 3. The quantitative estimate of drug-likeness (QED) is 0.351. The molecule has 0 radical (unpaired) electrons. The van der Waals surface area contributed by atoms with Gasteiger partial charge in [-0.15, -0.1) is 0 Å². The molecule has 1 aromatic carbocycles. The molecule has 0 bridgehead atoms. The number of hydrogen-bond donors (Lipinski definition) is 0. The van der Waals surface area contributed by atoms with Gasteiger partial charge in [-0.2, -0.15) is 9.55 Å². The van der Waals surface area contributed by atoms with Crippen LogP contribution in [-0.2, 0) is 7.05 Å². The maximum atomic E-state index is 12.3. The molecular formula is C18H14ClN3O4. The highest BCUT2D eigenvalue weighted by atomic mass is 35.5. The van der Waals surface area contributed by atoms with Gasteiger partial charge in [0.15, 0.2) is 6.20 Å². The van der Waals surface area contributed by atoms with Crippen LogP contribution in [0.5, 0.6) is 5.75 Å². The zero-order valence-corrected chi connectivity index (χ0v) is 14.7. The Balaban J connectivity index is 0.00000196. The largest absolute Gasteiger partial charge is 1.00 e. The number of methoxy groups -OCH3 is 1. The second-order valence-corrected chi connectivity index (χ2v) is 5.47. The third-order valence-corrected chi connectivity index (χ3v) is 3.88. The minimum Gasteiger partial charge on any atom is -1.00 e. The molecule has 3 heterocycles. The van der Waals surface area contributed by atoms with Crippen LogP contribution in [0.1, 0.15) is 0 Å². The van der Waals surface area contributed by atoms with Gasteiger partial charge < -0.3 is 26.1 Å². The minimum absolute atomic E-state index is 0. The zero-order valence-electron chi connectivity index (χ0n) is 14.0. The van der Waals surface area contributed by atoms with Gasteiger partial charge in [-0.1, -0.05) is 0 Å². The number of fused-ring (bicyclic) bond motifs is 1. The van der Waals surface area contributed by atoms with Crippen LogP contribution in [0.3, 0.4) is 0 Å². The van der Waals surface area contributed by atoms with E-state index in [1.807, 2.05) is 36.0 Å². The highest BCUT2D eigenvalue weighted by molar-refractivity contribution is 5.81. The summed E-state index contributed by atoms with van der Waals surface area (Å²) in [5.41, 5.74) is 0.873. The first-order valence-corrected chi connectivity index (χ1v) is 7.57. The average Bonchev–Trinajstić information content (AvgIpc) is 3.10. The van der Waals surface area contributed by atoms with Gasteiger partial charge in [-0.3, -0.25) is 0 Å². The van der Waals surface area contributed by atoms with Crippen LogP contribution in [0.15, 0.2) is 62.4 Å². The Morgan fingerprint density at radius 3 is 2.77 bits per heavy atom. The fourth-order valence-corrected chi connectivity index (χ4v) is 2.56. The molecule has 7 nitrogen and oxygen atoms in total. The van der Waals surface area contributed by atoms with Gasteiger partial charge >= 0.3 is 5.63 Å². The maximum Gasteiger partial charge on any atom is 0.349 e. The van der Waals surface area contributed by atoms with Crippen LogP contribution in [0.25, 0.3) is 33.9 Å². The van der Waals surface area contributed by atoms with Gasteiger partial charge in [0.2, 0.25) is 0 Å². The van der Waals surface area contributed by atoms with E-state index < -0.39 is 5.63 Å². The van der Waals surface area contributed by atoms with Crippen molar-refractivity contribution in [2.75, 3.05) is 7.11 Å². The van der Waals surface area contributed by atoms with Crippen LogP contribution in [0, 0.1) is 0 Å². The third kappa shape index (κ3) is 3.04. The van der Waals surface area contributed by atoms with Crippen molar-refractivity contribution in [2.45, 2.75) is 0 Å². The van der Waals surface area contributed by atoms with Crippen molar-refractivity contribution < 1.29 is 30.7 Å². The van der Waals surface area contributed by atoms with Crippen LogP contribution in [0.2, 0.25) is 0 Å². The number of ether oxygens (including phenoxy) is 1. The highest BCUT2D eigenvalue weighted by Crippen LogP contribution is 2.24. The summed E-state index contributed by atoms with van der Waals surface area (Å²) in [5, 5.41) is 4.70. The molecule has 0 amide bonds. The molecule has 4 aromatic rings. The Labute approximate surface area is 154 Å². The van der Waals surface area contributed by atoms with Crippen molar-refractivity contribution in [2.24, 2.45) is 7.05 Å². The molecule has 26 heavy (non-hydrogen) atoms. The normalized spacial score (nSPS) is 10.5. The number of halogens is 1. The molecule has 0 unspecified atom stereocenters. The van der Waals surface area contributed by atoms with Gasteiger partial charge in [0.1, 0.15) is 23.9 Å². The van der Waals surface area contributed by atoms with Crippen molar-refractivity contribution >= 4 is 11.0 Å². The smallest absolute Gasteiger partial charge is 0.349 e. The first-order valence-electron chi connectivity index (χ1n) is 7.57. The fraction of sp³-hybridized carbons (Fsp3) is 0.111. The number of nitrogens with zero attached hydrogens (tertiary/aromatic N) is 3. The predicted molar refractivity (Wildman–Crippen MR) is 88.9 cm³/mol. The number of benzene rings is 1. The Bertz CT molecular complexity index is 1140. The molecule has 3 aromatic heterocycles. The SMILES string of the molecule is COc1ccc2cc(-c3nc(-c4cccc[n+]4C)no3)c(=O)oc2c1.[Cl-]. The van der Waals surface area contributed by atoms with Crippen molar-refractivity contribution in [1.82, 2.24) is 10.1 Å². The van der Waals surface area contributed by atoms with E-state index in [1.54, 1.807) is 31.4 Å². The Morgan fingerprint density at radius 2 is 2.00 bits per heavy atom. The first-order chi connectivity index (χ1) is 12.2. The van der Waals surface area contributed by atoms with Crippen molar-refractivity contribution in [1.29, 1.82) is 0 Å². The van der Waals surface area contributed by atoms with Crippen molar-refractivity contribution in [3.05, 3.63) is 59.1 Å². The number of hydrogen-bond acceptors (Lipinski definition) is 6. The van der Waals surface area contributed by atoms with Gasteiger partial charge in [0, 0.05) is 23.6 Å². The fourth-order valence-electron chi connectivity index (χ4n) is 2.56. The third-order valence-electron chi connectivity index (χ3n) is 3.88. The second-order valence-electron chi connectivity index (χ2n) is 5.47. The summed E-state index contributed by atoms with van der Waals surface area (Å²) in [7, 11) is 3.43. The van der Waals surface area contributed by atoms with Gasteiger partial charge in [-0.05, 0) is 29.4 Å². The molecule has 0 spiro atoms. The van der Waals surface area contributed by atoms with E-state index in [9.17, 15) is 4.79 Å². The lowest BCUT2D eigenvalue weighted by Gasteiger charge is -2.02. The van der Waals surface area contributed by atoms with E-state index in [2.05, 4.69) is 10.1 Å². The van der Waals surface area contributed by atoms with E-state index in [0.29, 0.717) is 17.2 Å². The van der Waals surface area contributed by atoms with E-state index >= 15 is 0 Å². The molecule has 8 heteroatoms. The molecule has 132 valence electrons. The number of aromatic nitrogens is 3. The van der Waals surface area contributed by atoms with Crippen molar-refractivity contribution in [3.8, 4) is 28.7 Å². The van der Waals surface area contributed by atoms with Crippen LogP contribution in [0.4, 0.5) is 0 Å². The summed E-state index contributed by atoms with van der Waals surface area (Å²) in [5.74, 6) is 1.12. The lowest BCUT2D eigenvalue weighted by molar-refractivity contribution is -0.660. The summed E-state index contributed by atoms with van der Waals surface area (Å²) >= 11 is 0. The molecule has 0 aliphatic carbocycles. The van der Waals surface area contributed by atoms with Gasteiger partial charge in [0.25, 0.3) is 17.4 Å². The number of aryl methyl sites for hydroxylation is 1. The average molecular weight is 372 g/mol. The van der Waals surface area contributed by atoms with Crippen LogP contribution >= 0.6 is 0 Å². The van der Waals surface area contributed by atoms with E-state index in [4.69, 9.17) is 13.7 Å². The van der Waals surface area contributed by atoms with E-state index in [1.165, 1.54) is 0 Å². The Morgan fingerprint density at radius 1 is 1.15 bits per heavy atom. The summed E-state index contributed by atoms with van der Waals surface area (Å²) in [4.78, 5) is 16.6. The second kappa shape index (κ2) is 6.97. The number of pyridine rings is 1. The lowest BCUT2D eigenvalue weighted by Crippen LogP contribution is -3.00. The molecule has 0 N–H and O–H groups in total. The first kappa shape index (κ1) is 17.6. The molecule has 0 aliphatic rings. The molecule has 0 atom stereocenters. The Hall–Kier alpha value is -3.19.